The molecule has 2 saturated heterocycles. The number of amides is 1. The van der Waals surface area contributed by atoms with Crippen molar-refractivity contribution in [1.82, 2.24) is 14.8 Å². The van der Waals surface area contributed by atoms with Gasteiger partial charge >= 0.3 is 0 Å². The Hall–Kier alpha value is -2.27. The van der Waals surface area contributed by atoms with Gasteiger partial charge in [-0.25, -0.2) is 0 Å². The number of aryl methyl sites for hydroxylation is 1. The Kier molecular flexibility index (Phi) is 6.02. The van der Waals surface area contributed by atoms with Crippen molar-refractivity contribution in [3.63, 3.8) is 0 Å². The molecule has 0 radical (unpaired) electrons. The fourth-order valence-electron chi connectivity index (χ4n) is 5.62. The molecule has 4 nitrogen and oxygen atoms in total. The molecule has 3 aromatic rings. The highest BCUT2D eigenvalue weighted by molar-refractivity contribution is 6.36. The molecule has 3 heterocycles. The molecule has 33 heavy (non-hydrogen) atoms. The van der Waals surface area contributed by atoms with Crippen molar-refractivity contribution in [3.05, 3.63) is 89.1 Å². The summed E-state index contributed by atoms with van der Waals surface area (Å²) in [7, 11) is 6.45. The average molecular weight is 481 g/mol. The molecule has 2 bridgehead atoms. The van der Waals surface area contributed by atoms with Crippen LogP contribution in [0.15, 0.2) is 60.9 Å². The van der Waals surface area contributed by atoms with Gasteiger partial charge in [0.25, 0.3) is 5.91 Å². The maximum absolute atomic E-state index is 13.5. The van der Waals surface area contributed by atoms with Crippen LogP contribution in [-0.4, -0.2) is 27.5 Å². The summed E-state index contributed by atoms with van der Waals surface area (Å²) in [6, 6.07) is 15.4. The van der Waals surface area contributed by atoms with Gasteiger partial charge in [0.15, 0.2) is 0 Å². The van der Waals surface area contributed by atoms with Crippen LogP contribution in [0.5, 0.6) is 0 Å². The molecule has 1 atom stereocenters. The van der Waals surface area contributed by atoms with Crippen LogP contribution >= 0.6 is 23.2 Å². The first-order valence-electron chi connectivity index (χ1n) is 11.4. The third-order valence-corrected chi connectivity index (χ3v) is 8.00. The number of fused-ring (bicyclic) bond motifs is 3. The third-order valence-electron chi connectivity index (χ3n) is 7.45. The van der Waals surface area contributed by atoms with E-state index < -0.39 is 0 Å². The highest BCUT2D eigenvalue weighted by Crippen LogP contribution is 2.49. The van der Waals surface area contributed by atoms with E-state index in [4.69, 9.17) is 23.2 Å². The third kappa shape index (κ3) is 4.21. The molecule has 1 unspecified atom stereocenters. The molecule has 1 aliphatic carbocycles. The first kappa shape index (κ1) is 22.5. The van der Waals surface area contributed by atoms with Crippen LogP contribution in [0.2, 0.25) is 10.0 Å². The van der Waals surface area contributed by atoms with Crippen LogP contribution in [0.1, 0.15) is 47.6 Å². The summed E-state index contributed by atoms with van der Waals surface area (Å²) in [4.78, 5) is 15.7. The second-order valence-electron chi connectivity index (χ2n) is 9.49. The maximum atomic E-state index is 13.5. The lowest BCUT2D eigenvalue weighted by molar-refractivity contribution is -0.0280. The first-order chi connectivity index (χ1) is 15.9. The van der Waals surface area contributed by atoms with E-state index in [1.54, 1.807) is 18.2 Å². The summed E-state index contributed by atoms with van der Waals surface area (Å²) in [5.74, 6) is 0.504. The number of piperidine rings is 2. The Bertz CT molecular complexity index is 1180. The van der Waals surface area contributed by atoms with E-state index in [9.17, 15) is 4.79 Å². The molecule has 1 aromatic heterocycles. The highest BCUT2D eigenvalue weighted by Gasteiger charge is 2.47. The average Bonchev–Trinajstić information content (AvgIpc) is 3.24. The number of nitrogens with zero attached hydrogens (tertiary/aromatic N) is 2. The number of carbonyl (C=O) groups is 1. The van der Waals surface area contributed by atoms with E-state index >= 15 is 0 Å². The first-order valence-corrected chi connectivity index (χ1v) is 12.2. The highest BCUT2D eigenvalue weighted by atomic mass is 35.5. The Balaban J connectivity index is 1.55. The topological polar surface area (TPSA) is 37.3 Å². The quantitative estimate of drug-likeness (QED) is 0.422. The lowest BCUT2D eigenvalue weighted by atomic mass is 9.65. The normalized spacial score (nSPS) is 23.5. The van der Waals surface area contributed by atoms with Gasteiger partial charge in [-0.1, -0.05) is 41.4 Å². The zero-order valence-electron chi connectivity index (χ0n) is 18.7. The van der Waals surface area contributed by atoms with Crippen molar-refractivity contribution in [2.45, 2.75) is 37.3 Å². The van der Waals surface area contributed by atoms with Gasteiger partial charge in [-0.3, -0.25) is 11.8 Å². The molecular weight excluding hydrogens is 453 g/mol. The number of halogens is 2. The van der Waals surface area contributed by atoms with Crippen LogP contribution < -0.4 is 5.32 Å². The summed E-state index contributed by atoms with van der Waals surface area (Å²) >= 11 is 12.4. The van der Waals surface area contributed by atoms with Crippen molar-refractivity contribution in [2.24, 2.45) is 13.0 Å². The lowest BCUT2D eigenvalue weighted by Crippen LogP contribution is -2.62. The smallest absolute Gasteiger partial charge is 0.253 e. The number of carbonyl (C=O) groups excluding carboxylic acids is 1. The van der Waals surface area contributed by atoms with Gasteiger partial charge in [0, 0.05) is 30.0 Å². The molecule has 0 spiro atoms. The van der Waals surface area contributed by atoms with Crippen molar-refractivity contribution >= 4 is 29.1 Å². The minimum atomic E-state index is -0.224. The molecule has 2 aliphatic heterocycles. The maximum Gasteiger partial charge on any atom is 0.253 e. The predicted octanol–water partition coefficient (Wildman–Crippen LogP) is 6.51. The van der Waals surface area contributed by atoms with Crippen molar-refractivity contribution in [1.29, 1.82) is 0 Å². The predicted molar refractivity (Wildman–Crippen MR) is 134 cm³/mol. The fourth-order valence-corrected chi connectivity index (χ4v) is 6.12. The molecule has 1 saturated carbocycles. The van der Waals surface area contributed by atoms with Crippen LogP contribution in [0, 0.1) is 13.0 Å². The summed E-state index contributed by atoms with van der Waals surface area (Å²) in [6.07, 6.45) is 8.50. The second-order valence-corrected chi connectivity index (χ2v) is 10.3. The summed E-state index contributed by atoms with van der Waals surface area (Å²) in [5.41, 5.74) is 3.58. The molecule has 172 valence electrons. The minimum Gasteiger partial charge on any atom is -0.452 e. The van der Waals surface area contributed by atoms with Gasteiger partial charge < -0.3 is 14.8 Å². The van der Waals surface area contributed by atoms with E-state index in [0.717, 1.165) is 36.1 Å². The summed E-state index contributed by atoms with van der Waals surface area (Å²) < 4.78 is 2.04. The second kappa shape index (κ2) is 8.83. The van der Waals surface area contributed by atoms with Gasteiger partial charge in [-0.05, 0) is 85.2 Å². The van der Waals surface area contributed by atoms with Gasteiger partial charge in [-0.15, -0.1) is 0 Å². The van der Waals surface area contributed by atoms with E-state index in [1.165, 1.54) is 12.8 Å². The Morgan fingerprint density at radius 3 is 2.58 bits per heavy atom. The number of nitrogens with one attached hydrogen (secondary N) is 1. The molecule has 3 aliphatic rings. The number of benzene rings is 2. The van der Waals surface area contributed by atoms with Crippen LogP contribution in [0.3, 0.4) is 0 Å². The van der Waals surface area contributed by atoms with Gasteiger partial charge in [0.1, 0.15) is 0 Å². The van der Waals surface area contributed by atoms with Crippen molar-refractivity contribution < 1.29 is 4.79 Å². The lowest BCUT2D eigenvalue weighted by Gasteiger charge is -2.61. The number of hydrogen-bond acceptors (Lipinski definition) is 2. The fraction of sp³-hybridized carbons (Fsp3) is 0.333. The molecule has 1 N–H and O–H groups in total. The van der Waals surface area contributed by atoms with Gasteiger partial charge in [-0.2, -0.15) is 0 Å². The van der Waals surface area contributed by atoms with Gasteiger partial charge in [0.2, 0.25) is 0 Å². The molecule has 6 rings (SSSR count). The van der Waals surface area contributed by atoms with Crippen molar-refractivity contribution in [3.8, 4) is 11.1 Å². The number of rotatable bonds is 5. The van der Waals surface area contributed by atoms with Crippen LogP contribution in [0.4, 0.5) is 0 Å². The van der Waals surface area contributed by atoms with E-state index in [2.05, 4.69) is 53.8 Å². The molecular formula is C27H28Cl2N3O-. The standard InChI is InChI=1S/C27H28Cl2N3O/c1-31-13-10-21(17-31)19-4-3-5-20(14-19)25(27-11-8-18(9-12-27)16-32(27)2)30-26(33)23-7-6-22(28)15-24(23)29/h3-7,10,13-15,17-18,25H,2,8-9,11-12,16H2,1H3,(H,30,33)/q-1. The van der Waals surface area contributed by atoms with Crippen LogP contribution in [0.25, 0.3) is 11.1 Å². The monoisotopic (exact) mass is 480 g/mol. The summed E-state index contributed by atoms with van der Waals surface area (Å²) in [5, 5.41) is 4.22. The number of hydrogen-bond donors (Lipinski definition) is 1. The minimum absolute atomic E-state index is 0.192. The Morgan fingerprint density at radius 2 is 1.91 bits per heavy atom. The molecule has 1 amide bonds. The largest absolute Gasteiger partial charge is 0.452 e. The molecule has 6 heteroatoms. The van der Waals surface area contributed by atoms with E-state index in [0.29, 0.717) is 21.5 Å². The summed E-state index contributed by atoms with van der Waals surface area (Å²) in [6.45, 7) is 0.965. The Labute approximate surface area is 205 Å². The SMILES string of the molecule is [CH2-]N1CC2CCC1(C(NC(=O)c1ccc(Cl)cc1Cl)c1cccc(-c3ccn(C)c3)c1)CC2. The molecule has 3 fully saturated rings. The number of aromatic nitrogens is 1. The zero-order valence-corrected chi connectivity index (χ0v) is 20.2. The van der Waals surface area contributed by atoms with Crippen LogP contribution in [-0.2, 0) is 7.05 Å². The molecule has 2 aromatic carbocycles. The van der Waals surface area contributed by atoms with E-state index in [-0.39, 0.29) is 17.5 Å². The van der Waals surface area contributed by atoms with Crippen molar-refractivity contribution in [2.75, 3.05) is 6.54 Å². The Morgan fingerprint density at radius 1 is 1.12 bits per heavy atom. The van der Waals surface area contributed by atoms with Gasteiger partial charge in [0.05, 0.1) is 16.6 Å². The van der Waals surface area contributed by atoms with E-state index in [1.807, 2.05) is 17.8 Å². The zero-order chi connectivity index (χ0) is 23.2.